The van der Waals surface area contributed by atoms with Gasteiger partial charge in [-0.05, 0) is 37.3 Å². The summed E-state index contributed by atoms with van der Waals surface area (Å²) in [5.41, 5.74) is 1.05. The predicted molar refractivity (Wildman–Crippen MR) is 85.9 cm³/mol. The Bertz CT molecular complexity index is 737. The van der Waals surface area contributed by atoms with E-state index < -0.39 is 4.92 Å². The minimum absolute atomic E-state index is 0.000140. The lowest BCUT2D eigenvalue weighted by Crippen LogP contribution is -2.37. The van der Waals surface area contributed by atoms with Crippen molar-refractivity contribution in [2.24, 2.45) is 5.92 Å². The van der Waals surface area contributed by atoms with Crippen molar-refractivity contribution < 1.29 is 14.8 Å². The number of hydrogen-bond acceptors (Lipinski definition) is 5. The standard InChI is InChI=1S/C16H18N4O4/c21-8-7-15(11-1-2-11)18-16(22)12-9-17-19(10-12)13-3-5-14(6-4-13)20(23)24/h3-6,9-11,15,21H,1-2,7-8H2,(H,18,22). The second kappa shape index (κ2) is 6.79. The van der Waals surface area contributed by atoms with Gasteiger partial charge in [0.2, 0.25) is 0 Å². The minimum atomic E-state index is -0.467. The van der Waals surface area contributed by atoms with Gasteiger partial charge in [0.1, 0.15) is 0 Å². The van der Waals surface area contributed by atoms with Crippen molar-refractivity contribution in [3.8, 4) is 5.69 Å². The van der Waals surface area contributed by atoms with E-state index in [4.69, 9.17) is 5.11 Å². The van der Waals surface area contributed by atoms with E-state index in [0.717, 1.165) is 12.8 Å². The van der Waals surface area contributed by atoms with Gasteiger partial charge in [-0.15, -0.1) is 0 Å². The summed E-state index contributed by atoms with van der Waals surface area (Å²) in [6.45, 7) is 0.0451. The number of nitrogens with zero attached hydrogens (tertiary/aromatic N) is 3. The summed E-state index contributed by atoms with van der Waals surface area (Å²) in [4.78, 5) is 22.5. The van der Waals surface area contributed by atoms with E-state index in [1.54, 1.807) is 18.3 Å². The van der Waals surface area contributed by atoms with E-state index in [1.807, 2.05) is 0 Å². The SMILES string of the molecule is O=C(NC(CCO)C1CC1)c1cnn(-c2ccc([N+](=O)[O-])cc2)c1. The van der Waals surface area contributed by atoms with Crippen LogP contribution < -0.4 is 5.32 Å². The molecule has 0 spiro atoms. The van der Waals surface area contributed by atoms with Gasteiger partial charge in [-0.3, -0.25) is 14.9 Å². The van der Waals surface area contributed by atoms with Gasteiger partial charge in [-0.25, -0.2) is 4.68 Å². The van der Waals surface area contributed by atoms with E-state index in [9.17, 15) is 14.9 Å². The normalized spacial score (nSPS) is 15.0. The van der Waals surface area contributed by atoms with Gasteiger partial charge in [0.25, 0.3) is 11.6 Å². The molecule has 0 bridgehead atoms. The third kappa shape index (κ3) is 3.60. The average molecular weight is 330 g/mol. The fourth-order valence-corrected chi connectivity index (χ4v) is 2.62. The summed E-state index contributed by atoms with van der Waals surface area (Å²) >= 11 is 0. The molecule has 126 valence electrons. The van der Waals surface area contributed by atoms with Gasteiger partial charge >= 0.3 is 0 Å². The molecule has 0 radical (unpaired) electrons. The maximum absolute atomic E-state index is 12.3. The molecule has 1 aromatic heterocycles. The van der Waals surface area contributed by atoms with Crippen LogP contribution in [0.4, 0.5) is 5.69 Å². The van der Waals surface area contributed by atoms with Crippen molar-refractivity contribution in [1.82, 2.24) is 15.1 Å². The van der Waals surface area contributed by atoms with Crippen LogP contribution in [-0.2, 0) is 0 Å². The number of amides is 1. The molecular formula is C16H18N4O4. The van der Waals surface area contributed by atoms with Gasteiger partial charge in [-0.2, -0.15) is 5.10 Å². The molecule has 3 rings (SSSR count). The average Bonchev–Trinajstić information content (AvgIpc) is 3.30. The molecule has 0 aliphatic heterocycles. The molecule has 1 aromatic carbocycles. The van der Waals surface area contributed by atoms with Crippen LogP contribution in [0.2, 0.25) is 0 Å². The van der Waals surface area contributed by atoms with E-state index in [2.05, 4.69) is 10.4 Å². The number of non-ortho nitro benzene ring substituents is 1. The maximum atomic E-state index is 12.3. The highest BCUT2D eigenvalue weighted by Crippen LogP contribution is 2.34. The molecule has 1 aliphatic rings. The Morgan fingerprint density at radius 1 is 1.42 bits per heavy atom. The first kappa shape index (κ1) is 16.1. The zero-order valence-electron chi connectivity index (χ0n) is 13.0. The third-order valence-corrected chi connectivity index (χ3v) is 4.12. The van der Waals surface area contributed by atoms with Crippen LogP contribution in [0, 0.1) is 16.0 Å². The molecule has 8 nitrogen and oxygen atoms in total. The molecule has 2 N–H and O–H groups in total. The number of hydrogen-bond donors (Lipinski definition) is 2. The highest BCUT2D eigenvalue weighted by Gasteiger charge is 2.32. The fraction of sp³-hybridized carbons (Fsp3) is 0.375. The highest BCUT2D eigenvalue weighted by molar-refractivity contribution is 5.94. The quantitative estimate of drug-likeness (QED) is 0.593. The van der Waals surface area contributed by atoms with Crippen LogP contribution in [0.1, 0.15) is 29.6 Å². The molecule has 1 heterocycles. The van der Waals surface area contributed by atoms with Crippen LogP contribution in [0.25, 0.3) is 5.69 Å². The van der Waals surface area contributed by atoms with Crippen molar-refractivity contribution in [2.75, 3.05) is 6.61 Å². The van der Waals surface area contributed by atoms with Gasteiger partial charge in [0.05, 0.1) is 22.4 Å². The molecule has 1 atom stereocenters. The van der Waals surface area contributed by atoms with Gasteiger partial charge in [-0.1, -0.05) is 0 Å². The zero-order valence-corrected chi connectivity index (χ0v) is 13.0. The molecule has 8 heteroatoms. The van der Waals surface area contributed by atoms with E-state index in [-0.39, 0.29) is 24.2 Å². The summed E-state index contributed by atoms with van der Waals surface area (Å²) in [7, 11) is 0. The topological polar surface area (TPSA) is 110 Å². The Balaban J connectivity index is 1.70. The Kier molecular flexibility index (Phi) is 4.57. The Morgan fingerprint density at radius 2 is 2.12 bits per heavy atom. The third-order valence-electron chi connectivity index (χ3n) is 4.12. The lowest BCUT2D eigenvalue weighted by Gasteiger charge is -2.16. The van der Waals surface area contributed by atoms with Crippen molar-refractivity contribution in [3.05, 3.63) is 52.3 Å². The molecule has 24 heavy (non-hydrogen) atoms. The molecule has 1 amide bonds. The number of nitrogens with one attached hydrogen (secondary N) is 1. The minimum Gasteiger partial charge on any atom is -0.396 e. The van der Waals surface area contributed by atoms with Crippen LogP contribution in [0.5, 0.6) is 0 Å². The highest BCUT2D eigenvalue weighted by atomic mass is 16.6. The van der Waals surface area contributed by atoms with Crippen molar-refractivity contribution in [2.45, 2.75) is 25.3 Å². The van der Waals surface area contributed by atoms with Gasteiger partial charge < -0.3 is 10.4 Å². The zero-order chi connectivity index (χ0) is 17.1. The summed E-state index contributed by atoms with van der Waals surface area (Å²) in [6.07, 6.45) is 5.74. The number of rotatable bonds is 7. The number of carbonyl (C=O) groups is 1. The number of nitro benzene ring substituents is 1. The molecule has 0 saturated heterocycles. The summed E-state index contributed by atoms with van der Waals surface area (Å²) in [6, 6.07) is 5.92. The molecule has 1 saturated carbocycles. The smallest absolute Gasteiger partial charge is 0.269 e. The van der Waals surface area contributed by atoms with Gasteiger partial charge in [0.15, 0.2) is 0 Å². The van der Waals surface area contributed by atoms with Crippen LogP contribution in [0.15, 0.2) is 36.7 Å². The second-order valence-electron chi connectivity index (χ2n) is 5.88. The molecule has 2 aromatic rings. The van der Waals surface area contributed by atoms with Crippen LogP contribution in [-0.4, -0.2) is 38.4 Å². The lowest BCUT2D eigenvalue weighted by molar-refractivity contribution is -0.384. The molecule has 1 aliphatic carbocycles. The molecular weight excluding hydrogens is 312 g/mol. The second-order valence-corrected chi connectivity index (χ2v) is 5.88. The van der Waals surface area contributed by atoms with Crippen molar-refractivity contribution >= 4 is 11.6 Å². The first-order chi connectivity index (χ1) is 11.6. The number of aliphatic hydroxyl groups is 1. The number of aromatic nitrogens is 2. The largest absolute Gasteiger partial charge is 0.396 e. The van der Waals surface area contributed by atoms with Crippen molar-refractivity contribution in [3.63, 3.8) is 0 Å². The van der Waals surface area contributed by atoms with E-state index in [0.29, 0.717) is 23.6 Å². The first-order valence-electron chi connectivity index (χ1n) is 7.79. The predicted octanol–water partition coefficient (Wildman–Crippen LogP) is 1.67. The van der Waals surface area contributed by atoms with Gasteiger partial charge in [0, 0.05) is 31.0 Å². The Labute approximate surface area is 138 Å². The lowest BCUT2D eigenvalue weighted by atomic mass is 10.1. The maximum Gasteiger partial charge on any atom is 0.269 e. The van der Waals surface area contributed by atoms with Crippen LogP contribution in [0.3, 0.4) is 0 Å². The Hall–Kier alpha value is -2.74. The number of benzene rings is 1. The fourth-order valence-electron chi connectivity index (χ4n) is 2.62. The monoisotopic (exact) mass is 330 g/mol. The van der Waals surface area contributed by atoms with Crippen LogP contribution >= 0.6 is 0 Å². The number of aliphatic hydroxyl groups excluding tert-OH is 1. The Morgan fingerprint density at radius 3 is 2.71 bits per heavy atom. The van der Waals surface area contributed by atoms with E-state index >= 15 is 0 Å². The molecule has 1 unspecified atom stereocenters. The summed E-state index contributed by atoms with van der Waals surface area (Å²) in [5.74, 6) is 0.222. The summed E-state index contributed by atoms with van der Waals surface area (Å²) in [5, 5.41) is 26.8. The summed E-state index contributed by atoms with van der Waals surface area (Å²) < 4.78 is 1.50. The first-order valence-corrected chi connectivity index (χ1v) is 7.79. The molecule has 1 fully saturated rings. The number of nitro groups is 1. The number of carbonyl (C=O) groups excluding carboxylic acids is 1. The van der Waals surface area contributed by atoms with E-state index in [1.165, 1.54) is 23.0 Å². The van der Waals surface area contributed by atoms with Crippen molar-refractivity contribution in [1.29, 1.82) is 0 Å².